The summed E-state index contributed by atoms with van der Waals surface area (Å²) in [5.74, 6) is -1.40. The van der Waals surface area contributed by atoms with E-state index in [-0.39, 0.29) is 16.5 Å². The van der Waals surface area contributed by atoms with E-state index in [2.05, 4.69) is 10.3 Å². The molecule has 27 heavy (non-hydrogen) atoms. The number of nitrogens with one attached hydrogen (secondary N) is 2. The lowest BCUT2D eigenvalue weighted by atomic mass is 10.1. The van der Waals surface area contributed by atoms with Crippen molar-refractivity contribution in [1.29, 1.82) is 0 Å². The zero-order valence-corrected chi connectivity index (χ0v) is 15.2. The van der Waals surface area contributed by atoms with E-state index in [4.69, 9.17) is 11.6 Å². The van der Waals surface area contributed by atoms with Gasteiger partial charge in [-0.1, -0.05) is 11.6 Å². The predicted molar refractivity (Wildman–Crippen MR) is 102 cm³/mol. The second kappa shape index (κ2) is 7.20. The Hall–Kier alpha value is -3.19. The van der Waals surface area contributed by atoms with Crippen LogP contribution in [-0.4, -0.2) is 35.8 Å². The fourth-order valence-electron chi connectivity index (χ4n) is 2.55. The van der Waals surface area contributed by atoms with E-state index < -0.39 is 17.3 Å². The maximum Gasteiger partial charge on any atom is 0.261 e. The molecule has 3 rings (SSSR count). The van der Waals surface area contributed by atoms with E-state index in [9.17, 15) is 18.8 Å². The van der Waals surface area contributed by atoms with Crippen LogP contribution in [0.15, 0.2) is 47.3 Å². The Balaban J connectivity index is 1.89. The van der Waals surface area contributed by atoms with Crippen LogP contribution in [0.1, 0.15) is 20.7 Å². The molecule has 0 fully saturated rings. The second-order valence-corrected chi connectivity index (χ2v) is 6.50. The van der Waals surface area contributed by atoms with Gasteiger partial charge in [-0.15, -0.1) is 0 Å². The molecule has 0 aliphatic rings. The number of carbonyl (C=O) groups is 2. The van der Waals surface area contributed by atoms with Crippen molar-refractivity contribution in [2.75, 3.05) is 19.4 Å². The molecular formula is C19H15ClFN3O3. The van der Waals surface area contributed by atoms with Crippen LogP contribution in [0.25, 0.3) is 10.9 Å². The van der Waals surface area contributed by atoms with Crippen LogP contribution in [0, 0.1) is 5.82 Å². The van der Waals surface area contributed by atoms with Crippen molar-refractivity contribution in [3.63, 3.8) is 0 Å². The fraction of sp³-hybridized carbons (Fsp3) is 0.105. The lowest BCUT2D eigenvalue weighted by Gasteiger charge is -2.13. The molecule has 6 nitrogen and oxygen atoms in total. The summed E-state index contributed by atoms with van der Waals surface area (Å²) in [4.78, 5) is 40.5. The lowest BCUT2D eigenvalue weighted by Crippen LogP contribution is -2.23. The Morgan fingerprint density at radius 2 is 1.81 bits per heavy atom. The van der Waals surface area contributed by atoms with Gasteiger partial charge >= 0.3 is 0 Å². The molecule has 0 atom stereocenters. The number of anilines is 1. The van der Waals surface area contributed by atoms with Gasteiger partial charge in [0.2, 0.25) is 0 Å². The molecule has 138 valence electrons. The van der Waals surface area contributed by atoms with Gasteiger partial charge in [-0.3, -0.25) is 14.4 Å². The van der Waals surface area contributed by atoms with Gasteiger partial charge in [-0.2, -0.15) is 0 Å². The molecule has 3 aromatic rings. The first-order valence-corrected chi connectivity index (χ1v) is 8.29. The minimum absolute atomic E-state index is 0.126. The van der Waals surface area contributed by atoms with Gasteiger partial charge in [-0.05, 0) is 47.9 Å². The molecule has 1 heterocycles. The topological polar surface area (TPSA) is 82.3 Å². The third-order valence-corrected chi connectivity index (χ3v) is 4.23. The Bertz CT molecular complexity index is 1120. The zero-order chi connectivity index (χ0) is 19.7. The minimum atomic E-state index is -0.648. The average molecular weight is 388 g/mol. The summed E-state index contributed by atoms with van der Waals surface area (Å²) in [6.45, 7) is 0. The van der Waals surface area contributed by atoms with Crippen molar-refractivity contribution in [3.8, 4) is 0 Å². The monoisotopic (exact) mass is 387 g/mol. The van der Waals surface area contributed by atoms with Crippen molar-refractivity contribution >= 4 is 40.0 Å². The van der Waals surface area contributed by atoms with Gasteiger partial charge in [0.1, 0.15) is 11.4 Å². The zero-order valence-electron chi connectivity index (χ0n) is 14.5. The Kier molecular flexibility index (Phi) is 4.96. The molecule has 2 aromatic carbocycles. The van der Waals surface area contributed by atoms with E-state index in [1.807, 2.05) is 0 Å². The number of carbonyl (C=O) groups excluding carboxylic acids is 2. The Morgan fingerprint density at radius 1 is 1.07 bits per heavy atom. The highest BCUT2D eigenvalue weighted by Crippen LogP contribution is 2.22. The van der Waals surface area contributed by atoms with Crippen LogP contribution in [0.5, 0.6) is 0 Å². The van der Waals surface area contributed by atoms with Crippen molar-refractivity contribution in [2.45, 2.75) is 0 Å². The molecule has 0 aliphatic heterocycles. The number of hydrogen-bond donors (Lipinski definition) is 2. The summed E-state index contributed by atoms with van der Waals surface area (Å²) >= 11 is 6.12. The molecule has 8 heteroatoms. The highest BCUT2D eigenvalue weighted by atomic mass is 35.5. The number of aromatic amines is 1. The van der Waals surface area contributed by atoms with Crippen LogP contribution in [-0.2, 0) is 0 Å². The summed E-state index contributed by atoms with van der Waals surface area (Å²) in [6, 6.07) is 9.71. The van der Waals surface area contributed by atoms with Crippen LogP contribution in [0.4, 0.5) is 10.1 Å². The van der Waals surface area contributed by atoms with Crippen LogP contribution in [0.2, 0.25) is 5.02 Å². The second-order valence-electron chi connectivity index (χ2n) is 6.09. The summed E-state index contributed by atoms with van der Waals surface area (Å²) in [7, 11) is 3.21. The van der Waals surface area contributed by atoms with E-state index >= 15 is 0 Å². The summed E-state index contributed by atoms with van der Waals surface area (Å²) in [5.41, 5.74) is 0.157. The summed E-state index contributed by atoms with van der Waals surface area (Å²) in [5, 5.41) is 3.26. The van der Waals surface area contributed by atoms with E-state index in [0.29, 0.717) is 22.2 Å². The van der Waals surface area contributed by atoms with Crippen LogP contribution < -0.4 is 10.9 Å². The summed E-state index contributed by atoms with van der Waals surface area (Å²) < 4.78 is 13.3. The van der Waals surface area contributed by atoms with Crippen molar-refractivity contribution in [3.05, 3.63) is 74.8 Å². The highest BCUT2D eigenvalue weighted by Gasteiger charge is 2.16. The van der Waals surface area contributed by atoms with E-state index in [1.54, 1.807) is 14.1 Å². The van der Waals surface area contributed by atoms with Crippen molar-refractivity contribution in [2.24, 2.45) is 0 Å². The number of hydrogen-bond acceptors (Lipinski definition) is 3. The fourth-order valence-corrected chi connectivity index (χ4v) is 2.81. The number of fused-ring (bicyclic) bond motifs is 1. The van der Waals surface area contributed by atoms with Crippen LogP contribution >= 0.6 is 11.6 Å². The number of amides is 2. The third kappa shape index (κ3) is 3.83. The molecule has 1 aromatic heterocycles. The molecule has 0 aliphatic carbocycles. The average Bonchev–Trinajstić information content (AvgIpc) is 2.60. The number of halogens is 2. The number of H-pyrrole nitrogens is 1. The smallest absolute Gasteiger partial charge is 0.261 e. The molecule has 0 saturated carbocycles. The molecule has 0 saturated heterocycles. The van der Waals surface area contributed by atoms with Gasteiger partial charge in [0, 0.05) is 19.8 Å². The minimum Gasteiger partial charge on any atom is -0.345 e. The first kappa shape index (κ1) is 18.6. The number of nitrogens with zero attached hydrogens (tertiary/aromatic N) is 1. The molecule has 0 spiro atoms. The van der Waals surface area contributed by atoms with Gasteiger partial charge in [-0.25, -0.2) is 4.39 Å². The van der Waals surface area contributed by atoms with Gasteiger partial charge in [0.15, 0.2) is 0 Å². The normalized spacial score (nSPS) is 10.7. The molecular weight excluding hydrogens is 373 g/mol. The summed E-state index contributed by atoms with van der Waals surface area (Å²) in [6.07, 6.45) is 0. The molecule has 0 unspecified atom stereocenters. The number of rotatable bonds is 3. The van der Waals surface area contributed by atoms with E-state index in [1.165, 1.54) is 47.4 Å². The maximum absolute atomic E-state index is 13.3. The molecule has 2 N–H and O–H groups in total. The highest BCUT2D eigenvalue weighted by molar-refractivity contribution is 6.34. The standard InChI is InChI=1S/C19H15ClFN3O3/c1-24(2)19(27)13-6-5-12(9-15(13)20)22-17(25)14-7-10-3-4-11(21)8-16(10)23-18(14)26/h3-9H,1-2H3,(H,22,25)(H,23,26). The Morgan fingerprint density at radius 3 is 2.48 bits per heavy atom. The van der Waals surface area contributed by atoms with Gasteiger partial charge < -0.3 is 15.2 Å². The number of aromatic nitrogens is 1. The quantitative estimate of drug-likeness (QED) is 0.723. The lowest BCUT2D eigenvalue weighted by molar-refractivity contribution is 0.0827. The first-order chi connectivity index (χ1) is 12.8. The molecule has 0 bridgehead atoms. The van der Waals surface area contributed by atoms with Gasteiger partial charge in [0.25, 0.3) is 17.4 Å². The number of benzene rings is 2. The van der Waals surface area contributed by atoms with Crippen molar-refractivity contribution < 1.29 is 14.0 Å². The SMILES string of the molecule is CN(C)C(=O)c1ccc(NC(=O)c2cc3ccc(F)cc3[nH]c2=O)cc1Cl. The first-order valence-electron chi connectivity index (χ1n) is 7.91. The Labute approximate surface area is 158 Å². The maximum atomic E-state index is 13.3. The van der Waals surface area contributed by atoms with Crippen molar-refractivity contribution in [1.82, 2.24) is 9.88 Å². The third-order valence-electron chi connectivity index (χ3n) is 3.92. The predicted octanol–water partition coefficient (Wildman–Crippen LogP) is 3.27. The van der Waals surface area contributed by atoms with E-state index in [0.717, 1.165) is 0 Å². The van der Waals surface area contributed by atoms with Gasteiger partial charge in [0.05, 0.1) is 16.1 Å². The number of pyridine rings is 1. The largest absolute Gasteiger partial charge is 0.345 e. The molecule has 0 radical (unpaired) electrons. The van der Waals surface area contributed by atoms with Crippen LogP contribution in [0.3, 0.4) is 0 Å². The molecule has 2 amide bonds.